The largest absolute Gasteiger partial charge is 0.467 e. The van der Waals surface area contributed by atoms with Gasteiger partial charge in [0.05, 0.1) is 7.11 Å². The van der Waals surface area contributed by atoms with Gasteiger partial charge in [0.15, 0.2) is 5.82 Å². The number of esters is 1. The minimum Gasteiger partial charge on any atom is -0.467 e. The van der Waals surface area contributed by atoms with Crippen molar-refractivity contribution in [3.63, 3.8) is 0 Å². The summed E-state index contributed by atoms with van der Waals surface area (Å²) in [6.45, 7) is 3.23. The van der Waals surface area contributed by atoms with Gasteiger partial charge in [-0.1, -0.05) is 0 Å². The van der Waals surface area contributed by atoms with Gasteiger partial charge in [0.1, 0.15) is 34.4 Å². The van der Waals surface area contributed by atoms with E-state index in [0.29, 0.717) is 17.1 Å². The van der Waals surface area contributed by atoms with Gasteiger partial charge in [0.2, 0.25) is 0 Å². The van der Waals surface area contributed by atoms with E-state index in [1.807, 2.05) is 0 Å². The molecule has 0 radical (unpaired) electrons. The van der Waals surface area contributed by atoms with Crippen LogP contribution in [0, 0.1) is 5.82 Å². The van der Waals surface area contributed by atoms with Crippen LogP contribution in [0.2, 0.25) is 0 Å². The highest BCUT2D eigenvalue weighted by atomic mass is 19.1. The number of nitrogens with one attached hydrogen (secondary N) is 1. The molecule has 0 bridgehead atoms. The molecule has 0 aliphatic heterocycles. The van der Waals surface area contributed by atoms with Crippen LogP contribution in [0.5, 0.6) is 11.5 Å². The number of anilines is 1. The molecule has 0 spiro atoms. The molecule has 1 aromatic heterocycles. The second-order valence-electron chi connectivity index (χ2n) is 7.15. The molecule has 3 aromatic rings. The molecule has 1 heterocycles. The first kappa shape index (κ1) is 21.7. The van der Waals surface area contributed by atoms with Crippen LogP contribution in [0.15, 0.2) is 54.6 Å². The summed E-state index contributed by atoms with van der Waals surface area (Å²) in [4.78, 5) is 32.3. The summed E-state index contributed by atoms with van der Waals surface area (Å²) in [6, 6.07) is 13.8. The fraction of sp³-hybridized carbons (Fsp3) is 0.182. The lowest BCUT2D eigenvalue weighted by Gasteiger charge is -2.24. The first-order valence-corrected chi connectivity index (χ1v) is 9.27. The third kappa shape index (κ3) is 5.33. The van der Waals surface area contributed by atoms with Crippen LogP contribution < -0.4 is 15.8 Å². The predicted octanol–water partition coefficient (Wildman–Crippen LogP) is 3.54. The van der Waals surface area contributed by atoms with E-state index in [1.165, 1.54) is 37.4 Å². The van der Waals surface area contributed by atoms with E-state index in [4.69, 9.17) is 15.2 Å². The predicted molar refractivity (Wildman–Crippen MR) is 112 cm³/mol. The molecule has 1 amide bonds. The van der Waals surface area contributed by atoms with Crippen LogP contribution in [-0.2, 0) is 9.53 Å². The SMILES string of the molecule is COC(=O)C(C)(C)Nc1cc(C(N)=O)nc(-c2ccc(Oc3ccc(F)cc3)cc2)n1. The van der Waals surface area contributed by atoms with Crippen molar-refractivity contribution >= 4 is 17.7 Å². The number of benzene rings is 2. The lowest BCUT2D eigenvalue weighted by molar-refractivity contribution is -0.144. The van der Waals surface area contributed by atoms with E-state index in [1.54, 1.807) is 38.1 Å². The summed E-state index contributed by atoms with van der Waals surface area (Å²) in [5, 5.41) is 2.93. The Hall–Kier alpha value is -4.01. The standard InChI is InChI=1S/C22H21FN4O4/c1-22(2,21(29)30-3)27-18-12-17(19(24)28)25-20(26-18)13-4-8-15(9-5-13)31-16-10-6-14(23)7-11-16/h4-12H,1-3H3,(H2,24,28)(H,25,26,27). The molecular formula is C22H21FN4O4. The monoisotopic (exact) mass is 424 g/mol. The number of ether oxygens (including phenoxy) is 2. The van der Waals surface area contributed by atoms with Crippen LogP contribution in [0.1, 0.15) is 24.3 Å². The van der Waals surface area contributed by atoms with Gasteiger partial charge in [-0.05, 0) is 62.4 Å². The Kier molecular flexibility index (Phi) is 6.15. The zero-order valence-corrected chi connectivity index (χ0v) is 17.2. The lowest BCUT2D eigenvalue weighted by Crippen LogP contribution is -2.41. The summed E-state index contributed by atoms with van der Waals surface area (Å²) in [7, 11) is 1.28. The zero-order chi connectivity index (χ0) is 22.6. The fourth-order valence-electron chi connectivity index (χ4n) is 2.70. The van der Waals surface area contributed by atoms with Gasteiger partial charge in [0.25, 0.3) is 5.91 Å². The van der Waals surface area contributed by atoms with Crippen molar-refractivity contribution in [1.29, 1.82) is 0 Å². The van der Waals surface area contributed by atoms with E-state index < -0.39 is 17.4 Å². The van der Waals surface area contributed by atoms with Gasteiger partial charge >= 0.3 is 5.97 Å². The van der Waals surface area contributed by atoms with Gasteiger partial charge in [-0.15, -0.1) is 0 Å². The van der Waals surface area contributed by atoms with Crippen LogP contribution in [0.4, 0.5) is 10.2 Å². The minimum absolute atomic E-state index is 0.0141. The van der Waals surface area contributed by atoms with Crippen molar-refractivity contribution in [2.24, 2.45) is 5.73 Å². The highest BCUT2D eigenvalue weighted by Gasteiger charge is 2.29. The third-order valence-electron chi connectivity index (χ3n) is 4.28. The van der Waals surface area contributed by atoms with Gasteiger partial charge in [0, 0.05) is 11.6 Å². The summed E-state index contributed by atoms with van der Waals surface area (Å²) in [5.74, 6) is -0.124. The Morgan fingerprint density at radius 3 is 2.13 bits per heavy atom. The number of nitrogens with zero attached hydrogens (tertiary/aromatic N) is 2. The maximum atomic E-state index is 13.0. The number of amides is 1. The number of methoxy groups -OCH3 is 1. The molecule has 0 saturated carbocycles. The average Bonchev–Trinajstić information content (AvgIpc) is 2.74. The normalized spacial score (nSPS) is 11.0. The highest BCUT2D eigenvalue weighted by molar-refractivity contribution is 5.92. The zero-order valence-electron chi connectivity index (χ0n) is 17.2. The number of rotatable bonds is 7. The fourth-order valence-corrected chi connectivity index (χ4v) is 2.70. The molecule has 0 fully saturated rings. The van der Waals surface area contributed by atoms with Crippen molar-refractivity contribution in [3.8, 4) is 22.9 Å². The number of hydrogen-bond donors (Lipinski definition) is 2. The van der Waals surface area contributed by atoms with Crippen LogP contribution in [0.3, 0.4) is 0 Å². The average molecular weight is 424 g/mol. The molecule has 0 unspecified atom stereocenters. The molecule has 9 heteroatoms. The second kappa shape index (κ2) is 8.78. The Labute approximate surface area is 178 Å². The summed E-state index contributed by atoms with van der Waals surface area (Å²) in [5.41, 5.74) is 4.89. The van der Waals surface area contributed by atoms with E-state index in [9.17, 15) is 14.0 Å². The van der Waals surface area contributed by atoms with Crippen molar-refractivity contribution in [2.75, 3.05) is 12.4 Å². The molecule has 0 aliphatic carbocycles. The molecule has 2 aromatic carbocycles. The third-order valence-corrected chi connectivity index (χ3v) is 4.28. The highest BCUT2D eigenvalue weighted by Crippen LogP contribution is 2.26. The quantitative estimate of drug-likeness (QED) is 0.557. The number of nitrogens with two attached hydrogens (primary N) is 1. The number of carbonyl (C=O) groups excluding carboxylic acids is 2. The molecule has 0 saturated heterocycles. The van der Waals surface area contributed by atoms with Crippen LogP contribution in [-0.4, -0.2) is 34.5 Å². The Morgan fingerprint density at radius 1 is 1.00 bits per heavy atom. The summed E-state index contributed by atoms with van der Waals surface area (Å²) >= 11 is 0. The number of halogens is 1. The maximum Gasteiger partial charge on any atom is 0.330 e. The molecule has 31 heavy (non-hydrogen) atoms. The maximum absolute atomic E-state index is 13.0. The van der Waals surface area contributed by atoms with E-state index in [0.717, 1.165) is 0 Å². The van der Waals surface area contributed by atoms with Crippen molar-refractivity contribution in [3.05, 3.63) is 66.1 Å². The first-order chi connectivity index (χ1) is 14.7. The Morgan fingerprint density at radius 2 is 1.58 bits per heavy atom. The number of carbonyl (C=O) groups is 2. The van der Waals surface area contributed by atoms with E-state index >= 15 is 0 Å². The van der Waals surface area contributed by atoms with Crippen molar-refractivity contribution in [2.45, 2.75) is 19.4 Å². The lowest BCUT2D eigenvalue weighted by atomic mass is 10.1. The molecule has 3 N–H and O–H groups in total. The van der Waals surface area contributed by atoms with Crippen molar-refractivity contribution in [1.82, 2.24) is 9.97 Å². The smallest absolute Gasteiger partial charge is 0.330 e. The molecule has 0 aliphatic rings. The van der Waals surface area contributed by atoms with Gasteiger partial charge in [-0.2, -0.15) is 0 Å². The van der Waals surface area contributed by atoms with Gasteiger partial charge < -0.3 is 20.5 Å². The molecule has 3 rings (SSSR count). The van der Waals surface area contributed by atoms with Crippen LogP contribution in [0.25, 0.3) is 11.4 Å². The minimum atomic E-state index is -1.10. The Bertz CT molecular complexity index is 1100. The van der Waals surface area contributed by atoms with E-state index in [2.05, 4.69) is 15.3 Å². The van der Waals surface area contributed by atoms with Gasteiger partial charge in [-0.25, -0.2) is 19.2 Å². The topological polar surface area (TPSA) is 116 Å². The first-order valence-electron chi connectivity index (χ1n) is 9.27. The second-order valence-corrected chi connectivity index (χ2v) is 7.15. The molecule has 8 nitrogen and oxygen atoms in total. The summed E-state index contributed by atoms with van der Waals surface area (Å²) < 4.78 is 23.5. The van der Waals surface area contributed by atoms with Crippen LogP contribution >= 0.6 is 0 Å². The molecular weight excluding hydrogens is 403 g/mol. The number of hydrogen-bond acceptors (Lipinski definition) is 7. The number of aromatic nitrogens is 2. The summed E-state index contributed by atoms with van der Waals surface area (Å²) in [6.07, 6.45) is 0. The van der Waals surface area contributed by atoms with Crippen molar-refractivity contribution < 1.29 is 23.5 Å². The van der Waals surface area contributed by atoms with E-state index in [-0.39, 0.29) is 23.2 Å². The molecule has 0 atom stereocenters. The van der Waals surface area contributed by atoms with Gasteiger partial charge in [-0.3, -0.25) is 4.79 Å². The Balaban J connectivity index is 1.88. The molecule has 160 valence electrons. The number of primary amides is 1.